The molecule has 2 aromatic carbocycles. The lowest BCUT2D eigenvalue weighted by atomic mass is 10.1. The highest BCUT2D eigenvalue weighted by Gasteiger charge is 2.18. The maximum Gasteiger partial charge on any atom is 0.269 e. The summed E-state index contributed by atoms with van der Waals surface area (Å²) in [4.78, 5) is 15.1. The lowest BCUT2D eigenvalue weighted by molar-refractivity contribution is -0.384. The third kappa shape index (κ3) is 3.84. The van der Waals surface area contributed by atoms with Crippen LogP contribution in [0.5, 0.6) is 0 Å². The standard InChI is InChI=1S/C21H18N4O3S/c1-12-5-4-6-17-13(2)11-18(22-19(12)17)29-14(3)20-23-24-21(28-20)15-7-9-16(10-8-15)25(26)27/h4-11,14H,1-3H3/t14-/m0/s1. The molecule has 8 heteroatoms. The van der Waals surface area contributed by atoms with Crippen molar-refractivity contribution in [3.8, 4) is 11.5 Å². The fourth-order valence-corrected chi connectivity index (χ4v) is 4.01. The van der Waals surface area contributed by atoms with E-state index < -0.39 is 4.92 Å². The largest absolute Gasteiger partial charge is 0.419 e. The van der Waals surface area contributed by atoms with Gasteiger partial charge in [-0.25, -0.2) is 4.98 Å². The van der Waals surface area contributed by atoms with Crippen molar-refractivity contribution in [2.75, 3.05) is 0 Å². The Balaban J connectivity index is 1.57. The van der Waals surface area contributed by atoms with Gasteiger partial charge in [0.15, 0.2) is 0 Å². The molecule has 0 fully saturated rings. The average molecular weight is 406 g/mol. The van der Waals surface area contributed by atoms with Crippen LogP contribution in [0.15, 0.2) is 58.0 Å². The minimum Gasteiger partial charge on any atom is -0.419 e. The molecular formula is C21H18N4O3S. The zero-order valence-corrected chi connectivity index (χ0v) is 16.9. The molecule has 146 valence electrons. The summed E-state index contributed by atoms with van der Waals surface area (Å²) in [6.07, 6.45) is 0. The van der Waals surface area contributed by atoms with Gasteiger partial charge < -0.3 is 4.42 Å². The Bertz CT molecular complexity index is 1200. The molecule has 0 radical (unpaired) electrons. The van der Waals surface area contributed by atoms with E-state index in [1.54, 1.807) is 23.9 Å². The van der Waals surface area contributed by atoms with Crippen LogP contribution in [0.4, 0.5) is 5.69 Å². The normalized spacial score (nSPS) is 12.2. The highest BCUT2D eigenvalue weighted by Crippen LogP contribution is 2.36. The van der Waals surface area contributed by atoms with Crippen LogP contribution in [0.1, 0.15) is 29.2 Å². The van der Waals surface area contributed by atoms with Gasteiger partial charge in [0.2, 0.25) is 11.8 Å². The number of nitro benzene ring substituents is 1. The molecule has 0 aliphatic carbocycles. The van der Waals surface area contributed by atoms with Crippen LogP contribution < -0.4 is 0 Å². The zero-order valence-electron chi connectivity index (χ0n) is 16.1. The van der Waals surface area contributed by atoms with Gasteiger partial charge in [-0.1, -0.05) is 30.0 Å². The van der Waals surface area contributed by atoms with Crippen LogP contribution >= 0.6 is 11.8 Å². The summed E-state index contributed by atoms with van der Waals surface area (Å²) in [5.74, 6) is 0.813. The lowest BCUT2D eigenvalue weighted by Gasteiger charge is -2.10. The highest BCUT2D eigenvalue weighted by molar-refractivity contribution is 7.99. The van der Waals surface area contributed by atoms with Crippen molar-refractivity contribution < 1.29 is 9.34 Å². The van der Waals surface area contributed by atoms with E-state index in [-0.39, 0.29) is 10.9 Å². The summed E-state index contributed by atoms with van der Waals surface area (Å²) in [7, 11) is 0. The maximum absolute atomic E-state index is 10.8. The maximum atomic E-state index is 10.8. The quantitative estimate of drug-likeness (QED) is 0.240. The fraction of sp³-hybridized carbons (Fsp3) is 0.190. The number of hydrogen-bond donors (Lipinski definition) is 0. The minimum atomic E-state index is -0.442. The van der Waals surface area contributed by atoms with Crippen molar-refractivity contribution >= 4 is 28.4 Å². The number of benzene rings is 2. The monoisotopic (exact) mass is 406 g/mol. The van der Waals surface area contributed by atoms with Crippen LogP contribution in [0.25, 0.3) is 22.4 Å². The van der Waals surface area contributed by atoms with E-state index >= 15 is 0 Å². The van der Waals surface area contributed by atoms with Gasteiger partial charge in [-0.2, -0.15) is 0 Å². The van der Waals surface area contributed by atoms with Crippen molar-refractivity contribution in [3.63, 3.8) is 0 Å². The van der Waals surface area contributed by atoms with Gasteiger partial charge in [0.1, 0.15) is 0 Å². The molecule has 2 heterocycles. The Morgan fingerprint density at radius 3 is 2.55 bits per heavy atom. The van der Waals surface area contributed by atoms with Gasteiger partial charge in [0, 0.05) is 23.1 Å². The number of hydrogen-bond acceptors (Lipinski definition) is 7. The predicted octanol–water partition coefficient (Wildman–Crippen LogP) is 5.66. The summed E-state index contributed by atoms with van der Waals surface area (Å²) in [6, 6.07) is 14.3. The summed E-state index contributed by atoms with van der Waals surface area (Å²) >= 11 is 1.55. The third-order valence-electron chi connectivity index (χ3n) is 4.64. The average Bonchev–Trinajstić information content (AvgIpc) is 3.19. The molecule has 29 heavy (non-hydrogen) atoms. The lowest BCUT2D eigenvalue weighted by Crippen LogP contribution is -1.93. The second kappa shape index (κ2) is 7.63. The van der Waals surface area contributed by atoms with Crippen molar-refractivity contribution in [2.45, 2.75) is 31.0 Å². The Morgan fingerprint density at radius 2 is 1.83 bits per heavy atom. The summed E-state index contributed by atoms with van der Waals surface area (Å²) in [5, 5.41) is 21.0. The van der Waals surface area contributed by atoms with Gasteiger partial charge in [-0.05, 0) is 50.1 Å². The first kappa shape index (κ1) is 19.1. The molecule has 4 rings (SSSR count). The molecule has 0 amide bonds. The number of rotatable bonds is 5. The second-order valence-corrected chi connectivity index (χ2v) is 8.12. The molecule has 0 bridgehead atoms. The smallest absolute Gasteiger partial charge is 0.269 e. The number of nitro groups is 1. The molecule has 0 spiro atoms. The Kier molecular flexibility index (Phi) is 5.02. The van der Waals surface area contributed by atoms with Gasteiger partial charge in [0.25, 0.3) is 5.69 Å². The molecule has 7 nitrogen and oxygen atoms in total. The molecule has 0 saturated heterocycles. The van der Waals surface area contributed by atoms with E-state index in [4.69, 9.17) is 9.40 Å². The number of pyridine rings is 1. The van der Waals surface area contributed by atoms with Crippen LogP contribution in [-0.4, -0.2) is 20.1 Å². The number of para-hydroxylation sites is 1. The van der Waals surface area contributed by atoms with Gasteiger partial charge in [-0.3, -0.25) is 10.1 Å². The minimum absolute atomic E-state index is 0.0189. The van der Waals surface area contributed by atoms with E-state index in [1.165, 1.54) is 17.7 Å². The van der Waals surface area contributed by atoms with E-state index in [1.807, 2.05) is 13.0 Å². The molecule has 0 saturated carbocycles. The predicted molar refractivity (Wildman–Crippen MR) is 112 cm³/mol. The highest BCUT2D eigenvalue weighted by atomic mass is 32.2. The van der Waals surface area contributed by atoms with E-state index in [2.05, 4.69) is 42.2 Å². The summed E-state index contributed by atoms with van der Waals surface area (Å²) in [6.45, 7) is 6.12. The van der Waals surface area contributed by atoms with Crippen molar-refractivity contribution in [3.05, 3.63) is 75.7 Å². The fourth-order valence-electron chi connectivity index (χ4n) is 3.06. The Hall–Kier alpha value is -3.26. The van der Waals surface area contributed by atoms with E-state index in [9.17, 15) is 10.1 Å². The van der Waals surface area contributed by atoms with Gasteiger partial charge in [0.05, 0.1) is 20.7 Å². The summed E-state index contributed by atoms with van der Waals surface area (Å²) in [5.41, 5.74) is 3.97. The number of fused-ring (bicyclic) bond motifs is 1. The first-order chi connectivity index (χ1) is 13.9. The SMILES string of the molecule is Cc1cc(S[C@@H](C)c2nnc(-c3ccc([N+](=O)[O-])cc3)o2)nc2c(C)cccc12. The Morgan fingerprint density at radius 1 is 1.07 bits per heavy atom. The van der Waals surface area contributed by atoms with Gasteiger partial charge in [-0.15, -0.1) is 10.2 Å². The molecule has 4 aromatic rings. The first-order valence-electron chi connectivity index (χ1n) is 9.04. The summed E-state index contributed by atoms with van der Waals surface area (Å²) < 4.78 is 5.80. The van der Waals surface area contributed by atoms with E-state index in [0.29, 0.717) is 17.3 Å². The van der Waals surface area contributed by atoms with Crippen LogP contribution in [-0.2, 0) is 0 Å². The zero-order chi connectivity index (χ0) is 20.5. The molecule has 0 N–H and O–H groups in total. The topological polar surface area (TPSA) is 95.0 Å². The van der Waals surface area contributed by atoms with Crippen LogP contribution in [0.3, 0.4) is 0 Å². The number of aromatic nitrogens is 3. The molecular weight excluding hydrogens is 388 g/mol. The number of aryl methyl sites for hydroxylation is 2. The first-order valence-corrected chi connectivity index (χ1v) is 9.92. The van der Waals surface area contributed by atoms with Crippen molar-refractivity contribution in [2.24, 2.45) is 0 Å². The molecule has 0 aliphatic rings. The van der Waals surface area contributed by atoms with E-state index in [0.717, 1.165) is 21.5 Å². The number of thioether (sulfide) groups is 1. The van der Waals surface area contributed by atoms with Crippen LogP contribution in [0, 0.1) is 24.0 Å². The van der Waals surface area contributed by atoms with Crippen molar-refractivity contribution in [1.82, 2.24) is 15.2 Å². The molecule has 0 aliphatic heterocycles. The number of non-ortho nitro benzene ring substituents is 1. The molecule has 1 atom stereocenters. The third-order valence-corrected chi connectivity index (χ3v) is 5.64. The van der Waals surface area contributed by atoms with Gasteiger partial charge >= 0.3 is 0 Å². The molecule has 0 unspecified atom stereocenters. The second-order valence-electron chi connectivity index (χ2n) is 6.76. The number of nitrogens with zero attached hydrogens (tertiary/aromatic N) is 4. The van der Waals surface area contributed by atoms with Crippen molar-refractivity contribution in [1.29, 1.82) is 0 Å². The molecule has 2 aromatic heterocycles. The Labute approximate surface area is 171 Å². The van der Waals surface area contributed by atoms with Crippen LogP contribution in [0.2, 0.25) is 0 Å².